The minimum Gasteiger partial charge on any atom is -0.378 e. The number of anilines is 3. The Hall–Kier alpha value is -3.42. The number of nitro groups is 1. The van der Waals surface area contributed by atoms with Gasteiger partial charge in [-0.25, -0.2) is 0 Å². The molecule has 0 aliphatic carbocycles. The second kappa shape index (κ2) is 7.23. The molecule has 0 atom stereocenters. The Balaban J connectivity index is 2.10. The van der Waals surface area contributed by atoms with Crippen LogP contribution < -0.4 is 15.5 Å². The van der Waals surface area contributed by atoms with Crippen molar-refractivity contribution in [1.29, 1.82) is 0 Å². The van der Waals surface area contributed by atoms with Crippen molar-refractivity contribution in [2.45, 2.75) is 0 Å². The Bertz CT molecular complexity index is 789. The van der Waals surface area contributed by atoms with Crippen LogP contribution >= 0.6 is 0 Å². The Morgan fingerprint density at radius 3 is 2.33 bits per heavy atom. The van der Waals surface area contributed by atoms with E-state index in [-0.39, 0.29) is 11.4 Å². The van der Waals surface area contributed by atoms with E-state index in [1.165, 1.54) is 24.3 Å². The van der Waals surface area contributed by atoms with Crippen LogP contribution in [0.4, 0.5) is 22.7 Å². The van der Waals surface area contributed by atoms with Crippen LogP contribution in [0, 0.1) is 10.1 Å². The number of benzene rings is 2. The van der Waals surface area contributed by atoms with Gasteiger partial charge in [0.05, 0.1) is 4.92 Å². The molecule has 2 aromatic rings. The lowest BCUT2D eigenvalue weighted by molar-refractivity contribution is -0.383. The zero-order chi connectivity index (χ0) is 17.7. The number of rotatable bonds is 4. The molecule has 2 N–H and O–H groups in total. The van der Waals surface area contributed by atoms with Crippen LogP contribution in [0.15, 0.2) is 48.5 Å². The fourth-order valence-corrected chi connectivity index (χ4v) is 1.97. The fraction of sp³-hybridized carbons (Fsp3) is 0.125. The standard InChI is InChI=1S/C16H16N4O4/c1-19(2)12-7-5-6-11(10-12)17-15(21)16(22)18-13-8-3-4-9-14(13)20(23)24/h3-10H,1-2H3,(H,17,21)(H,18,22). The lowest BCUT2D eigenvalue weighted by atomic mass is 10.2. The number of carbonyl (C=O) groups is 2. The molecule has 0 fully saturated rings. The first kappa shape index (κ1) is 16.9. The second-order valence-corrected chi connectivity index (χ2v) is 5.13. The number of amides is 2. The van der Waals surface area contributed by atoms with Gasteiger partial charge in [0, 0.05) is 31.5 Å². The maximum Gasteiger partial charge on any atom is 0.314 e. The Labute approximate surface area is 138 Å². The molecule has 0 aromatic heterocycles. The van der Waals surface area contributed by atoms with E-state index in [2.05, 4.69) is 10.6 Å². The SMILES string of the molecule is CN(C)c1cccc(NC(=O)C(=O)Nc2ccccc2[N+](=O)[O-])c1. The molecule has 8 heteroatoms. The van der Waals surface area contributed by atoms with Gasteiger partial charge in [0.15, 0.2) is 0 Å². The van der Waals surface area contributed by atoms with E-state index in [1.54, 1.807) is 18.2 Å². The summed E-state index contributed by atoms with van der Waals surface area (Å²) in [6, 6.07) is 12.5. The molecular formula is C16H16N4O4. The van der Waals surface area contributed by atoms with E-state index in [0.717, 1.165) is 5.69 Å². The van der Waals surface area contributed by atoms with Crippen LogP contribution in [0.5, 0.6) is 0 Å². The highest BCUT2D eigenvalue weighted by molar-refractivity contribution is 6.43. The van der Waals surface area contributed by atoms with E-state index < -0.39 is 16.7 Å². The van der Waals surface area contributed by atoms with Crippen molar-refractivity contribution in [3.63, 3.8) is 0 Å². The summed E-state index contributed by atoms with van der Waals surface area (Å²) in [5, 5.41) is 15.6. The van der Waals surface area contributed by atoms with Gasteiger partial charge < -0.3 is 15.5 Å². The van der Waals surface area contributed by atoms with E-state index >= 15 is 0 Å². The van der Waals surface area contributed by atoms with E-state index in [1.807, 2.05) is 25.1 Å². The summed E-state index contributed by atoms with van der Waals surface area (Å²) in [6.45, 7) is 0. The van der Waals surface area contributed by atoms with Crippen LogP contribution in [-0.4, -0.2) is 30.8 Å². The molecule has 2 aromatic carbocycles. The van der Waals surface area contributed by atoms with Crippen molar-refractivity contribution in [2.24, 2.45) is 0 Å². The summed E-state index contributed by atoms with van der Waals surface area (Å²) in [4.78, 5) is 36.1. The highest BCUT2D eigenvalue weighted by Gasteiger charge is 2.19. The van der Waals surface area contributed by atoms with Crippen molar-refractivity contribution < 1.29 is 14.5 Å². The van der Waals surface area contributed by atoms with Crippen molar-refractivity contribution in [3.05, 3.63) is 58.6 Å². The normalized spacial score (nSPS) is 9.92. The lowest BCUT2D eigenvalue weighted by Gasteiger charge is -2.14. The summed E-state index contributed by atoms with van der Waals surface area (Å²) in [5.74, 6) is -1.90. The molecule has 0 saturated heterocycles. The third-order valence-electron chi connectivity index (χ3n) is 3.18. The molecule has 2 amide bonds. The largest absolute Gasteiger partial charge is 0.378 e. The Morgan fingerprint density at radius 1 is 1.00 bits per heavy atom. The third kappa shape index (κ3) is 4.07. The number of hydrogen-bond donors (Lipinski definition) is 2. The average molecular weight is 328 g/mol. The average Bonchev–Trinajstić information content (AvgIpc) is 2.55. The molecule has 124 valence electrons. The van der Waals surface area contributed by atoms with Crippen LogP contribution in [0.1, 0.15) is 0 Å². The van der Waals surface area contributed by atoms with Gasteiger partial charge in [-0.05, 0) is 24.3 Å². The fourth-order valence-electron chi connectivity index (χ4n) is 1.97. The van der Waals surface area contributed by atoms with Gasteiger partial charge in [0.2, 0.25) is 0 Å². The topological polar surface area (TPSA) is 105 Å². The van der Waals surface area contributed by atoms with Gasteiger partial charge in [-0.1, -0.05) is 18.2 Å². The minimum atomic E-state index is -0.987. The highest BCUT2D eigenvalue weighted by Crippen LogP contribution is 2.23. The predicted octanol–water partition coefficient (Wildman–Crippen LogP) is 2.24. The smallest absolute Gasteiger partial charge is 0.314 e. The van der Waals surface area contributed by atoms with Crippen molar-refractivity contribution >= 4 is 34.6 Å². The van der Waals surface area contributed by atoms with Crippen molar-refractivity contribution in [1.82, 2.24) is 0 Å². The van der Waals surface area contributed by atoms with Gasteiger partial charge in [0.25, 0.3) is 5.69 Å². The first-order valence-corrected chi connectivity index (χ1v) is 7.01. The van der Waals surface area contributed by atoms with Gasteiger partial charge >= 0.3 is 11.8 Å². The monoisotopic (exact) mass is 328 g/mol. The van der Waals surface area contributed by atoms with Gasteiger partial charge in [-0.3, -0.25) is 19.7 Å². The third-order valence-corrected chi connectivity index (χ3v) is 3.18. The maximum absolute atomic E-state index is 12.0. The second-order valence-electron chi connectivity index (χ2n) is 5.13. The molecule has 0 radical (unpaired) electrons. The maximum atomic E-state index is 12.0. The highest BCUT2D eigenvalue weighted by atomic mass is 16.6. The first-order valence-electron chi connectivity index (χ1n) is 7.01. The predicted molar refractivity (Wildman–Crippen MR) is 91.1 cm³/mol. The van der Waals surface area contributed by atoms with Crippen molar-refractivity contribution in [2.75, 3.05) is 29.6 Å². The van der Waals surface area contributed by atoms with Crippen molar-refractivity contribution in [3.8, 4) is 0 Å². The van der Waals surface area contributed by atoms with E-state index in [4.69, 9.17) is 0 Å². The zero-order valence-corrected chi connectivity index (χ0v) is 13.1. The molecule has 0 bridgehead atoms. The number of hydrogen-bond acceptors (Lipinski definition) is 5. The zero-order valence-electron chi connectivity index (χ0n) is 13.1. The quantitative estimate of drug-likeness (QED) is 0.509. The van der Waals surface area contributed by atoms with Crippen LogP contribution in [0.3, 0.4) is 0 Å². The van der Waals surface area contributed by atoms with E-state index in [0.29, 0.717) is 5.69 Å². The number of nitrogens with zero attached hydrogens (tertiary/aromatic N) is 2. The minimum absolute atomic E-state index is 0.0373. The van der Waals surface area contributed by atoms with Crippen LogP contribution in [0.25, 0.3) is 0 Å². The Morgan fingerprint density at radius 2 is 1.67 bits per heavy atom. The summed E-state index contributed by atoms with van der Waals surface area (Å²) < 4.78 is 0. The number of carbonyl (C=O) groups excluding carboxylic acids is 2. The molecule has 0 saturated carbocycles. The molecule has 2 rings (SSSR count). The molecule has 0 unspecified atom stereocenters. The lowest BCUT2D eigenvalue weighted by Crippen LogP contribution is -2.29. The number of nitrogens with one attached hydrogen (secondary N) is 2. The molecular weight excluding hydrogens is 312 g/mol. The molecule has 0 spiro atoms. The molecule has 24 heavy (non-hydrogen) atoms. The van der Waals surface area contributed by atoms with Gasteiger partial charge in [-0.15, -0.1) is 0 Å². The molecule has 0 aliphatic rings. The molecule has 8 nitrogen and oxygen atoms in total. The van der Waals surface area contributed by atoms with Gasteiger partial charge in [0.1, 0.15) is 5.69 Å². The first-order chi connectivity index (χ1) is 11.4. The summed E-state index contributed by atoms with van der Waals surface area (Å²) in [6.07, 6.45) is 0. The number of para-hydroxylation sites is 2. The van der Waals surface area contributed by atoms with Crippen LogP contribution in [-0.2, 0) is 9.59 Å². The summed E-state index contributed by atoms with van der Waals surface area (Å²) in [7, 11) is 3.70. The molecule has 0 heterocycles. The number of nitro benzene ring substituents is 1. The van der Waals surface area contributed by atoms with Crippen LogP contribution in [0.2, 0.25) is 0 Å². The van der Waals surface area contributed by atoms with E-state index in [9.17, 15) is 19.7 Å². The summed E-state index contributed by atoms with van der Waals surface area (Å²) in [5.41, 5.74) is 0.980. The summed E-state index contributed by atoms with van der Waals surface area (Å²) >= 11 is 0. The van der Waals surface area contributed by atoms with Gasteiger partial charge in [-0.2, -0.15) is 0 Å². The molecule has 0 aliphatic heterocycles. The Kier molecular flexibility index (Phi) is 5.10.